The highest BCUT2D eigenvalue weighted by atomic mass is 14.8. The van der Waals surface area contributed by atoms with E-state index in [1.807, 2.05) is 0 Å². The maximum atomic E-state index is 4.85. The first-order valence-corrected chi connectivity index (χ1v) is 8.89. The summed E-state index contributed by atoms with van der Waals surface area (Å²) in [5.74, 6) is 1.47. The standard InChI is InChI=1S/C21H32N2/c1-15(2)11-18-12-17(9-10-19(18)16-7-8-16)20(13-22-6)23-14-21(3,4)5/h9-10,12,15-16H,6-8,11,13-14H2,1-5H3. The molecule has 0 bridgehead atoms. The molecule has 0 atom stereocenters. The van der Waals surface area contributed by atoms with Gasteiger partial charge in [-0.3, -0.25) is 9.98 Å². The van der Waals surface area contributed by atoms with E-state index in [1.165, 1.54) is 24.0 Å². The van der Waals surface area contributed by atoms with Gasteiger partial charge in [-0.15, -0.1) is 0 Å². The molecule has 1 aromatic carbocycles. The first-order chi connectivity index (χ1) is 10.8. The van der Waals surface area contributed by atoms with Crippen LogP contribution in [0.25, 0.3) is 0 Å². The second kappa shape index (κ2) is 7.42. The summed E-state index contributed by atoms with van der Waals surface area (Å²) >= 11 is 0. The molecule has 0 N–H and O–H groups in total. The van der Waals surface area contributed by atoms with Crippen LogP contribution in [0.15, 0.2) is 28.2 Å². The lowest BCUT2D eigenvalue weighted by molar-refractivity contribution is 0.429. The fraction of sp³-hybridized carbons (Fsp3) is 0.619. The Morgan fingerprint density at radius 1 is 1.26 bits per heavy atom. The highest BCUT2D eigenvalue weighted by molar-refractivity contribution is 6.02. The molecule has 1 saturated carbocycles. The van der Waals surface area contributed by atoms with Gasteiger partial charge in [-0.1, -0.05) is 46.8 Å². The fourth-order valence-electron chi connectivity index (χ4n) is 2.87. The minimum Gasteiger partial charge on any atom is -0.295 e. The average molecular weight is 313 g/mol. The molecule has 1 aromatic rings. The maximum absolute atomic E-state index is 4.85. The number of hydrogen-bond donors (Lipinski definition) is 0. The SMILES string of the molecule is C=NCC(=NCC(C)(C)C)c1ccc(C2CC2)c(CC(C)C)c1. The topological polar surface area (TPSA) is 24.7 Å². The maximum Gasteiger partial charge on any atom is 0.0806 e. The summed E-state index contributed by atoms with van der Waals surface area (Å²) in [6, 6.07) is 6.94. The minimum atomic E-state index is 0.196. The summed E-state index contributed by atoms with van der Waals surface area (Å²) < 4.78 is 0. The van der Waals surface area contributed by atoms with Crippen molar-refractivity contribution < 1.29 is 0 Å². The van der Waals surface area contributed by atoms with Gasteiger partial charge in [0.05, 0.1) is 12.3 Å². The molecule has 0 radical (unpaired) electrons. The number of aliphatic imine (C=N–C) groups is 2. The van der Waals surface area contributed by atoms with Crippen molar-refractivity contribution in [1.82, 2.24) is 0 Å². The zero-order valence-electron chi connectivity index (χ0n) is 15.5. The van der Waals surface area contributed by atoms with Gasteiger partial charge in [-0.2, -0.15) is 0 Å². The summed E-state index contributed by atoms with van der Waals surface area (Å²) in [4.78, 5) is 8.94. The lowest BCUT2D eigenvalue weighted by Crippen LogP contribution is -2.14. The Hall–Kier alpha value is -1.44. The van der Waals surface area contributed by atoms with Crippen LogP contribution >= 0.6 is 0 Å². The predicted octanol–water partition coefficient (Wildman–Crippen LogP) is 5.30. The van der Waals surface area contributed by atoms with Gasteiger partial charge < -0.3 is 0 Å². The highest BCUT2D eigenvalue weighted by Crippen LogP contribution is 2.42. The highest BCUT2D eigenvalue weighted by Gasteiger charge is 2.26. The smallest absolute Gasteiger partial charge is 0.0806 e. The molecular formula is C21H32N2. The molecule has 0 amide bonds. The van der Waals surface area contributed by atoms with Crippen molar-refractivity contribution in [2.75, 3.05) is 13.1 Å². The minimum absolute atomic E-state index is 0.196. The number of nitrogens with zero attached hydrogens (tertiary/aromatic N) is 2. The molecule has 0 saturated heterocycles. The molecule has 1 aliphatic rings. The van der Waals surface area contributed by atoms with E-state index < -0.39 is 0 Å². The third-order valence-electron chi connectivity index (χ3n) is 4.13. The Balaban J connectivity index is 2.33. The Kier molecular flexibility index (Phi) is 5.78. The van der Waals surface area contributed by atoms with Gasteiger partial charge in [0.2, 0.25) is 0 Å². The normalized spacial score (nSPS) is 16.0. The van der Waals surface area contributed by atoms with Gasteiger partial charge in [0.15, 0.2) is 0 Å². The van der Waals surface area contributed by atoms with E-state index >= 15 is 0 Å². The first-order valence-electron chi connectivity index (χ1n) is 8.89. The van der Waals surface area contributed by atoms with Gasteiger partial charge in [0.25, 0.3) is 0 Å². The zero-order chi connectivity index (χ0) is 17.0. The third-order valence-corrected chi connectivity index (χ3v) is 4.13. The van der Waals surface area contributed by atoms with Crippen LogP contribution < -0.4 is 0 Å². The average Bonchev–Trinajstić information content (AvgIpc) is 3.26. The number of hydrogen-bond acceptors (Lipinski definition) is 2. The zero-order valence-corrected chi connectivity index (χ0v) is 15.5. The molecule has 0 spiro atoms. The van der Waals surface area contributed by atoms with Gasteiger partial charge in [-0.05, 0) is 66.0 Å². The van der Waals surface area contributed by atoms with Crippen LogP contribution in [-0.4, -0.2) is 25.5 Å². The van der Waals surface area contributed by atoms with Gasteiger partial charge in [-0.25, -0.2) is 0 Å². The van der Waals surface area contributed by atoms with Crippen LogP contribution in [0.4, 0.5) is 0 Å². The van der Waals surface area contributed by atoms with E-state index in [0.717, 1.165) is 24.6 Å². The molecule has 1 aliphatic carbocycles. The van der Waals surface area contributed by atoms with Crippen molar-refractivity contribution in [1.29, 1.82) is 0 Å². The van der Waals surface area contributed by atoms with Crippen molar-refractivity contribution in [3.8, 4) is 0 Å². The van der Waals surface area contributed by atoms with Crippen LogP contribution in [-0.2, 0) is 6.42 Å². The molecule has 0 unspecified atom stereocenters. The van der Waals surface area contributed by atoms with Gasteiger partial charge in [0, 0.05) is 6.54 Å². The summed E-state index contributed by atoms with van der Waals surface area (Å²) in [7, 11) is 0. The fourth-order valence-corrected chi connectivity index (χ4v) is 2.87. The molecule has 2 rings (SSSR count). The molecule has 0 aliphatic heterocycles. The van der Waals surface area contributed by atoms with Crippen LogP contribution in [0.5, 0.6) is 0 Å². The van der Waals surface area contributed by atoms with Crippen molar-refractivity contribution in [3.05, 3.63) is 34.9 Å². The second-order valence-electron chi connectivity index (χ2n) is 8.49. The molecule has 2 heteroatoms. The van der Waals surface area contributed by atoms with Crippen molar-refractivity contribution in [2.45, 2.75) is 59.8 Å². The lowest BCUT2D eigenvalue weighted by atomic mass is 9.92. The second-order valence-corrected chi connectivity index (χ2v) is 8.49. The van der Waals surface area contributed by atoms with E-state index in [9.17, 15) is 0 Å². The molecular weight excluding hydrogens is 280 g/mol. The van der Waals surface area contributed by atoms with E-state index in [1.54, 1.807) is 5.56 Å². The quantitative estimate of drug-likeness (QED) is 0.610. The Morgan fingerprint density at radius 3 is 2.48 bits per heavy atom. The summed E-state index contributed by atoms with van der Waals surface area (Å²) in [6.07, 6.45) is 3.85. The molecule has 0 aromatic heterocycles. The first kappa shape index (κ1) is 17.9. The molecule has 2 nitrogen and oxygen atoms in total. The summed E-state index contributed by atoms with van der Waals surface area (Å²) in [5, 5.41) is 0. The van der Waals surface area contributed by atoms with Crippen molar-refractivity contribution in [3.63, 3.8) is 0 Å². The molecule has 1 fully saturated rings. The van der Waals surface area contributed by atoms with Crippen LogP contribution in [0, 0.1) is 11.3 Å². The van der Waals surface area contributed by atoms with Crippen LogP contribution in [0.3, 0.4) is 0 Å². The summed E-state index contributed by atoms with van der Waals surface area (Å²) in [6.45, 7) is 16.3. The monoisotopic (exact) mass is 312 g/mol. The van der Waals surface area contributed by atoms with E-state index in [4.69, 9.17) is 4.99 Å². The van der Waals surface area contributed by atoms with Crippen molar-refractivity contribution in [2.24, 2.45) is 21.3 Å². The Bertz CT molecular complexity index is 572. The number of benzene rings is 1. The molecule has 23 heavy (non-hydrogen) atoms. The lowest BCUT2D eigenvalue weighted by Gasteiger charge is -2.17. The molecule has 126 valence electrons. The van der Waals surface area contributed by atoms with Gasteiger partial charge >= 0.3 is 0 Å². The third kappa shape index (κ3) is 5.60. The van der Waals surface area contributed by atoms with E-state index in [-0.39, 0.29) is 5.41 Å². The van der Waals surface area contributed by atoms with Crippen LogP contribution in [0.2, 0.25) is 0 Å². The summed E-state index contributed by atoms with van der Waals surface area (Å²) in [5.41, 5.74) is 5.56. The Labute approximate surface area is 142 Å². The van der Waals surface area contributed by atoms with Gasteiger partial charge in [0.1, 0.15) is 0 Å². The van der Waals surface area contributed by atoms with Crippen molar-refractivity contribution >= 4 is 12.4 Å². The van der Waals surface area contributed by atoms with Crippen LogP contribution in [0.1, 0.15) is 70.1 Å². The van der Waals surface area contributed by atoms with E-state index in [2.05, 4.69) is 64.5 Å². The Morgan fingerprint density at radius 2 is 1.96 bits per heavy atom. The predicted molar refractivity (Wildman–Crippen MR) is 102 cm³/mol. The molecule has 0 heterocycles. The largest absolute Gasteiger partial charge is 0.295 e. The number of rotatable bonds is 7. The van der Waals surface area contributed by atoms with E-state index in [0.29, 0.717) is 12.5 Å².